The average Bonchev–Trinajstić information content (AvgIpc) is 2.55. The van der Waals surface area contributed by atoms with Crippen LogP contribution in [-0.2, 0) is 4.79 Å². The lowest BCUT2D eigenvalue weighted by Gasteiger charge is -2.36. The zero-order valence-corrected chi connectivity index (χ0v) is 13.5. The molecule has 7 nitrogen and oxygen atoms in total. The second-order valence-electron chi connectivity index (χ2n) is 5.67. The molecule has 2 N–H and O–H groups in total. The van der Waals surface area contributed by atoms with Gasteiger partial charge in [-0.05, 0) is 31.2 Å². The highest BCUT2D eigenvalue weighted by atomic mass is 16.2. The molecule has 0 unspecified atom stereocenters. The number of benzene rings is 1. The molecular formula is C16H22N4O3. The van der Waals surface area contributed by atoms with E-state index in [0.29, 0.717) is 31.7 Å². The Morgan fingerprint density at radius 2 is 1.65 bits per heavy atom. The first-order chi connectivity index (χ1) is 10.9. The number of Topliss-reactive ketones (excluding diaryl/α,β-unsaturated/α-hetero) is 1. The Hall–Kier alpha value is -2.57. The zero-order chi connectivity index (χ0) is 17.0. The molecule has 1 aliphatic rings. The van der Waals surface area contributed by atoms with Crippen LogP contribution in [-0.4, -0.2) is 67.3 Å². The van der Waals surface area contributed by atoms with Crippen molar-refractivity contribution in [2.24, 2.45) is 5.73 Å². The molecule has 1 aromatic rings. The van der Waals surface area contributed by atoms with Gasteiger partial charge >= 0.3 is 6.03 Å². The van der Waals surface area contributed by atoms with E-state index >= 15 is 0 Å². The normalized spacial score (nSPS) is 14.5. The van der Waals surface area contributed by atoms with E-state index < -0.39 is 6.03 Å². The fraction of sp³-hybridized carbons (Fsp3) is 0.438. The van der Waals surface area contributed by atoms with Gasteiger partial charge in [0.2, 0.25) is 5.91 Å². The highest BCUT2D eigenvalue weighted by molar-refractivity contribution is 5.94. The van der Waals surface area contributed by atoms with Gasteiger partial charge < -0.3 is 20.4 Å². The van der Waals surface area contributed by atoms with Crippen LogP contribution in [0.15, 0.2) is 24.3 Å². The third kappa shape index (κ3) is 4.21. The molecule has 0 saturated carbocycles. The summed E-state index contributed by atoms with van der Waals surface area (Å²) in [7, 11) is 1.51. The molecule has 2 rings (SSSR count). The number of hydrogen-bond acceptors (Lipinski definition) is 4. The summed E-state index contributed by atoms with van der Waals surface area (Å²) in [5.74, 6) is -0.0524. The molecule has 1 heterocycles. The Labute approximate surface area is 135 Å². The fourth-order valence-electron chi connectivity index (χ4n) is 2.50. The van der Waals surface area contributed by atoms with Crippen LogP contribution in [0.5, 0.6) is 0 Å². The number of nitrogens with zero attached hydrogens (tertiary/aromatic N) is 3. The van der Waals surface area contributed by atoms with Crippen LogP contribution in [0.3, 0.4) is 0 Å². The van der Waals surface area contributed by atoms with Gasteiger partial charge in [0.05, 0.1) is 0 Å². The van der Waals surface area contributed by atoms with Gasteiger partial charge in [0.15, 0.2) is 5.78 Å². The first kappa shape index (κ1) is 16.8. The highest BCUT2D eigenvalue weighted by Gasteiger charge is 2.22. The molecule has 1 fully saturated rings. The van der Waals surface area contributed by atoms with E-state index in [0.717, 1.165) is 5.69 Å². The van der Waals surface area contributed by atoms with E-state index in [1.54, 1.807) is 11.8 Å². The quantitative estimate of drug-likeness (QED) is 0.821. The Morgan fingerprint density at radius 1 is 1.09 bits per heavy atom. The summed E-state index contributed by atoms with van der Waals surface area (Å²) in [6.45, 7) is 4.17. The van der Waals surface area contributed by atoms with Crippen LogP contribution in [0.25, 0.3) is 0 Å². The van der Waals surface area contributed by atoms with Crippen molar-refractivity contribution in [3.05, 3.63) is 29.8 Å². The first-order valence-electron chi connectivity index (χ1n) is 7.53. The number of anilines is 1. The van der Waals surface area contributed by atoms with Crippen molar-refractivity contribution < 1.29 is 14.4 Å². The summed E-state index contributed by atoms with van der Waals surface area (Å²) in [4.78, 5) is 39.5. The van der Waals surface area contributed by atoms with Crippen LogP contribution in [0.4, 0.5) is 10.5 Å². The van der Waals surface area contributed by atoms with E-state index in [9.17, 15) is 14.4 Å². The van der Waals surface area contributed by atoms with Gasteiger partial charge in [0, 0.05) is 44.5 Å². The van der Waals surface area contributed by atoms with Gasteiger partial charge in [-0.2, -0.15) is 0 Å². The molecule has 1 aliphatic heterocycles. The van der Waals surface area contributed by atoms with Gasteiger partial charge in [0.25, 0.3) is 0 Å². The number of carbonyl (C=O) groups is 3. The lowest BCUT2D eigenvalue weighted by molar-refractivity contribution is -0.131. The summed E-state index contributed by atoms with van der Waals surface area (Å²) in [5, 5.41) is 0. The monoisotopic (exact) mass is 318 g/mol. The second-order valence-corrected chi connectivity index (χ2v) is 5.67. The van der Waals surface area contributed by atoms with Crippen molar-refractivity contribution >= 4 is 23.4 Å². The van der Waals surface area contributed by atoms with E-state index in [1.165, 1.54) is 11.9 Å². The lowest BCUT2D eigenvalue weighted by Crippen LogP contribution is -2.51. The predicted octanol–water partition coefficient (Wildman–Crippen LogP) is 0.548. The number of piperazine rings is 1. The fourth-order valence-corrected chi connectivity index (χ4v) is 2.50. The molecule has 23 heavy (non-hydrogen) atoms. The number of carbonyl (C=O) groups excluding carboxylic acids is 3. The average molecular weight is 318 g/mol. The minimum absolute atomic E-state index is 0.00262. The maximum Gasteiger partial charge on any atom is 0.314 e. The number of likely N-dealkylation sites (N-methyl/N-ethyl adjacent to an activating group) is 1. The van der Waals surface area contributed by atoms with Crippen LogP contribution >= 0.6 is 0 Å². The highest BCUT2D eigenvalue weighted by Crippen LogP contribution is 2.17. The Kier molecular flexibility index (Phi) is 5.20. The number of primary amides is 1. The Balaban J connectivity index is 1.89. The predicted molar refractivity (Wildman–Crippen MR) is 87.5 cm³/mol. The molecule has 0 aromatic heterocycles. The van der Waals surface area contributed by atoms with Crippen LogP contribution < -0.4 is 10.6 Å². The minimum Gasteiger partial charge on any atom is -0.368 e. The molecule has 0 bridgehead atoms. The third-order valence-electron chi connectivity index (χ3n) is 4.02. The van der Waals surface area contributed by atoms with Crippen molar-refractivity contribution in [1.82, 2.24) is 9.80 Å². The van der Waals surface area contributed by atoms with E-state index in [1.807, 2.05) is 24.3 Å². The lowest BCUT2D eigenvalue weighted by atomic mass is 10.1. The summed E-state index contributed by atoms with van der Waals surface area (Å²) < 4.78 is 0. The van der Waals surface area contributed by atoms with Gasteiger partial charge in [-0.1, -0.05) is 0 Å². The molecule has 1 aromatic carbocycles. The largest absolute Gasteiger partial charge is 0.368 e. The molecule has 0 atom stereocenters. The summed E-state index contributed by atoms with van der Waals surface area (Å²) in [6, 6.07) is 6.88. The maximum absolute atomic E-state index is 12.1. The standard InChI is InChI=1S/C16H22N4O3/c1-12(21)13-3-5-14(6-4-13)19-7-9-20(10-8-19)15(22)11-18(2)16(17)23/h3-6H,7-11H2,1-2H3,(H2,17,23). The molecule has 1 saturated heterocycles. The van der Waals surface area contributed by atoms with Crippen LogP contribution in [0.2, 0.25) is 0 Å². The molecular weight excluding hydrogens is 296 g/mol. The van der Waals surface area contributed by atoms with E-state index in [2.05, 4.69) is 4.90 Å². The van der Waals surface area contributed by atoms with Crippen molar-refractivity contribution in [3.63, 3.8) is 0 Å². The Bertz CT molecular complexity index is 592. The molecule has 3 amide bonds. The third-order valence-corrected chi connectivity index (χ3v) is 4.02. The van der Waals surface area contributed by atoms with Crippen LogP contribution in [0.1, 0.15) is 17.3 Å². The SMILES string of the molecule is CC(=O)c1ccc(N2CCN(C(=O)CN(C)C(N)=O)CC2)cc1. The summed E-state index contributed by atoms with van der Waals surface area (Å²) in [6.07, 6.45) is 0. The van der Waals surface area contributed by atoms with Gasteiger partial charge in [-0.3, -0.25) is 9.59 Å². The summed E-state index contributed by atoms with van der Waals surface area (Å²) in [5.41, 5.74) is 6.86. The first-order valence-corrected chi connectivity index (χ1v) is 7.53. The molecule has 7 heteroatoms. The molecule has 0 radical (unpaired) electrons. The van der Waals surface area contributed by atoms with Crippen molar-refractivity contribution in [2.45, 2.75) is 6.92 Å². The second kappa shape index (κ2) is 7.13. The summed E-state index contributed by atoms with van der Waals surface area (Å²) >= 11 is 0. The number of urea groups is 1. The maximum atomic E-state index is 12.1. The van der Waals surface area contributed by atoms with Crippen molar-refractivity contribution in [2.75, 3.05) is 44.7 Å². The Morgan fingerprint density at radius 3 is 2.13 bits per heavy atom. The van der Waals surface area contributed by atoms with Crippen molar-refractivity contribution in [1.29, 1.82) is 0 Å². The van der Waals surface area contributed by atoms with E-state index in [-0.39, 0.29) is 18.2 Å². The van der Waals surface area contributed by atoms with Gasteiger partial charge in [0.1, 0.15) is 6.54 Å². The molecule has 124 valence electrons. The molecule has 0 aliphatic carbocycles. The van der Waals surface area contributed by atoms with E-state index in [4.69, 9.17) is 5.73 Å². The number of amides is 3. The zero-order valence-electron chi connectivity index (χ0n) is 13.5. The number of hydrogen-bond donors (Lipinski definition) is 1. The topological polar surface area (TPSA) is 87.0 Å². The van der Waals surface area contributed by atoms with Gasteiger partial charge in [-0.15, -0.1) is 0 Å². The number of nitrogens with two attached hydrogens (primary N) is 1. The molecule has 0 spiro atoms. The smallest absolute Gasteiger partial charge is 0.314 e. The van der Waals surface area contributed by atoms with Gasteiger partial charge in [-0.25, -0.2) is 4.79 Å². The number of rotatable bonds is 4. The number of ketones is 1. The van der Waals surface area contributed by atoms with Crippen molar-refractivity contribution in [3.8, 4) is 0 Å². The van der Waals surface area contributed by atoms with Crippen LogP contribution in [0, 0.1) is 0 Å². The minimum atomic E-state index is -0.609.